The Hall–Kier alpha value is -7.76. The molecular formula is C83H118F8O10. The predicted octanol–water partition coefficient (Wildman–Crippen LogP) is 29.3. The molecular weight excluding hydrogens is 1310 g/mol. The zero-order chi connectivity index (χ0) is 78.2. The molecule has 0 radical (unpaired) electrons. The van der Waals surface area contributed by atoms with E-state index in [4.69, 9.17) is 39.8 Å². The maximum atomic E-state index is 12.4. The van der Waals surface area contributed by atoms with Crippen LogP contribution in [0.2, 0.25) is 0 Å². The molecule has 10 aromatic heterocycles. The van der Waals surface area contributed by atoms with Crippen LogP contribution in [0.5, 0.6) is 0 Å². The number of aryl methyl sites for hydroxylation is 14. The van der Waals surface area contributed by atoms with Crippen LogP contribution in [0.25, 0.3) is 0 Å². The van der Waals surface area contributed by atoms with Gasteiger partial charge in [-0.2, -0.15) is 35.1 Å². The van der Waals surface area contributed by atoms with Crippen LogP contribution in [-0.4, -0.2) is 0 Å². The molecule has 0 atom stereocenters. The molecule has 10 nitrogen and oxygen atoms in total. The van der Waals surface area contributed by atoms with Gasteiger partial charge in [0.25, 0.3) is 12.0 Å². The zero-order valence-corrected chi connectivity index (χ0v) is 66.6. The summed E-state index contributed by atoms with van der Waals surface area (Å²) in [6.45, 7) is 66.4. The molecule has 10 heterocycles. The summed E-state index contributed by atoms with van der Waals surface area (Å²) >= 11 is 0. The Labute approximate surface area is 597 Å². The fourth-order valence-corrected chi connectivity index (χ4v) is 10.3. The Bertz CT molecular complexity index is 3700. The van der Waals surface area contributed by atoms with Crippen molar-refractivity contribution >= 4 is 0 Å². The molecule has 566 valence electrons. The average Bonchev–Trinajstić information content (AvgIpc) is 1.71. The molecule has 0 fully saturated rings. The lowest BCUT2D eigenvalue weighted by molar-refractivity contribution is -0.139. The molecule has 101 heavy (non-hydrogen) atoms. The monoisotopic (exact) mass is 1430 g/mol. The summed E-state index contributed by atoms with van der Waals surface area (Å²) < 4.78 is 147. The van der Waals surface area contributed by atoms with Gasteiger partial charge in [0.15, 0.2) is 0 Å². The van der Waals surface area contributed by atoms with E-state index >= 15 is 0 Å². The van der Waals surface area contributed by atoms with Crippen LogP contribution in [0.1, 0.15) is 311 Å². The largest absolute Gasteiger partial charge is 0.469 e. The summed E-state index contributed by atoms with van der Waals surface area (Å²) in [5.41, 5.74) is 12.2. The molecule has 0 bridgehead atoms. The minimum Gasteiger partial charge on any atom is -0.469 e. The van der Waals surface area contributed by atoms with Gasteiger partial charge in [-0.25, -0.2) is 0 Å². The smallest absolute Gasteiger partial charge is 0.419 e. The van der Waals surface area contributed by atoms with Gasteiger partial charge in [-0.1, -0.05) is 111 Å². The van der Waals surface area contributed by atoms with Crippen LogP contribution in [0.4, 0.5) is 35.1 Å². The molecule has 10 rings (SSSR count). The normalized spacial score (nSPS) is 11.1. The maximum Gasteiger partial charge on any atom is 0.419 e. The van der Waals surface area contributed by atoms with Crippen molar-refractivity contribution < 1.29 is 79.3 Å². The second-order valence-corrected chi connectivity index (χ2v) is 27.9. The van der Waals surface area contributed by atoms with E-state index in [2.05, 4.69) is 147 Å². The third kappa shape index (κ3) is 30.4. The average molecular weight is 1430 g/mol. The Kier molecular flexibility index (Phi) is 37.4. The van der Waals surface area contributed by atoms with E-state index in [1.165, 1.54) is 75.5 Å². The number of hydrogen-bond acceptors (Lipinski definition) is 10. The lowest BCUT2D eigenvalue weighted by atomic mass is 10.0. The van der Waals surface area contributed by atoms with Crippen LogP contribution in [0.3, 0.4) is 0 Å². The van der Waals surface area contributed by atoms with Gasteiger partial charge in [-0.3, -0.25) is 0 Å². The van der Waals surface area contributed by atoms with Crippen LogP contribution >= 0.6 is 0 Å². The molecule has 0 spiro atoms. The molecule has 0 aromatic carbocycles. The lowest BCUT2D eigenvalue weighted by Crippen LogP contribution is -2.04. The molecule has 0 aliphatic rings. The quantitative estimate of drug-likeness (QED) is 0.136. The fraction of sp³-hybridized carbons (Fsp3) is 0.518. The molecule has 0 N–H and O–H groups in total. The lowest BCUT2D eigenvalue weighted by Gasteiger charge is -2.02. The van der Waals surface area contributed by atoms with Gasteiger partial charge in [0.2, 0.25) is 0 Å². The Morgan fingerprint density at radius 2 is 0.624 bits per heavy atom. The second-order valence-electron chi connectivity index (χ2n) is 27.9. The van der Waals surface area contributed by atoms with E-state index in [0.29, 0.717) is 59.2 Å². The highest BCUT2D eigenvalue weighted by Gasteiger charge is 2.36. The first-order chi connectivity index (χ1) is 46.3. The van der Waals surface area contributed by atoms with Crippen molar-refractivity contribution in [3.05, 3.63) is 233 Å². The van der Waals surface area contributed by atoms with E-state index < -0.39 is 41.3 Å². The molecule has 18 heteroatoms. The highest BCUT2D eigenvalue weighted by molar-refractivity contribution is 5.30. The number of alkyl halides is 6. The topological polar surface area (TPSA) is 131 Å². The summed E-state index contributed by atoms with van der Waals surface area (Å²) in [4.78, 5) is 0. The standard InChI is InChI=1S/C11H18O.4C9H14O.C8H11FO.C8H12O.C7H7F3O.C7H10O.C6H4F4O/c1-7(2)10-6-11(8(3)4)12-9(10)5;1-6(2)9-5-10-8(4)7(9)3;2*1-6(2)9-5-7(3)10-8(9)4;1-6(2)9-8(4)7(3)5-10-9;1-5(2)7-4-8(9)10-6(7)3;1-6(2)8-4-5-9-7(8)3;1-4-3-6(5(2)11-4)7(8,9)10;1-5-4-8-7(3)6(5)2;1-3-4(6(8,9)10)2-5(7)11-3/h6-8H,1-5H3;4*5-6H,1-4H3;4-5H,1-3H3;4-6H,1-3H3;3H,1-2H3;4H,1-3H3;2H,1H3. The number of halogens is 8. The third-order valence-electron chi connectivity index (χ3n) is 16.5. The molecule has 0 aliphatic heterocycles. The predicted molar refractivity (Wildman–Crippen MR) is 390 cm³/mol. The van der Waals surface area contributed by atoms with Crippen molar-refractivity contribution in [3.63, 3.8) is 0 Å². The van der Waals surface area contributed by atoms with Crippen molar-refractivity contribution in [2.75, 3.05) is 0 Å². The minimum absolute atomic E-state index is 0.0741. The first kappa shape index (κ1) is 91.3. The van der Waals surface area contributed by atoms with E-state index in [0.717, 1.165) is 76.2 Å². The summed E-state index contributed by atoms with van der Waals surface area (Å²) in [5, 5.41) is 0. The summed E-state index contributed by atoms with van der Waals surface area (Å²) in [6.07, 6.45) is -1.62. The molecule has 0 amide bonds. The third-order valence-corrected chi connectivity index (χ3v) is 16.5. The number of furan rings is 10. The maximum absolute atomic E-state index is 12.4. The Morgan fingerprint density at radius 1 is 0.277 bits per heavy atom. The number of hydrogen-bond donors (Lipinski definition) is 0. The van der Waals surface area contributed by atoms with E-state index in [9.17, 15) is 35.1 Å². The van der Waals surface area contributed by atoms with E-state index in [1.54, 1.807) is 19.5 Å². The van der Waals surface area contributed by atoms with Crippen LogP contribution in [-0.2, 0) is 12.4 Å². The zero-order valence-electron chi connectivity index (χ0n) is 66.6. The first-order valence-electron chi connectivity index (χ1n) is 34.5. The highest BCUT2D eigenvalue weighted by atomic mass is 19.4. The minimum atomic E-state index is -4.53. The fourth-order valence-electron chi connectivity index (χ4n) is 10.3. The van der Waals surface area contributed by atoms with Crippen molar-refractivity contribution in [1.82, 2.24) is 0 Å². The van der Waals surface area contributed by atoms with Gasteiger partial charge in [0, 0.05) is 24.0 Å². The van der Waals surface area contributed by atoms with Gasteiger partial charge in [0.05, 0.1) is 36.2 Å². The van der Waals surface area contributed by atoms with Crippen LogP contribution in [0.15, 0.2) is 112 Å². The first-order valence-corrected chi connectivity index (χ1v) is 34.5. The SMILES string of the molecule is Cc1cc(C(C)C)c(C)o1.Cc1cc(C(C)C)c(C)o1.Cc1cc(C(F)(F)F)c(C)o1.Cc1coc(C(C)C)c1C.Cc1coc(C)c1C.Cc1oc(C(C)C)cc1C(C)C.Cc1oc(F)cc1C(C)C.Cc1oc(F)cc1C(F)(F)F.Cc1occ(C(C)C)c1C.Cc1occc1C(C)C. The molecule has 10 aromatic rings. The van der Waals surface area contributed by atoms with Crippen molar-refractivity contribution in [2.45, 2.75) is 288 Å². The number of rotatable bonds is 8. The van der Waals surface area contributed by atoms with Gasteiger partial charge in [0.1, 0.15) is 80.6 Å². The van der Waals surface area contributed by atoms with Crippen LogP contribution < -0.4 is 0 Å². The Morgan fingerprint density at radius 3 is 0.802 bits per heavy atom. The van der Waals surface area contributed by atoms with Crippen LogP contribution in [0, 0.1) is 130 Å². The van der Waals surface area contributed by atoms with Gasteiger partial charge < -0.3 is 44.2 Å². The van der Waals surface area contributed by atoms with E-state index in [1.807, 2.05) is 94.8 Å². The molecule has 0 saturated heterocycles. The molecule has 0 aliphatic carbocycles. The molecule has 0 unspecified atom stereocenters. The summed E-state index contributed by atoms with van der Waals surface area (Å²) in [7, 11) is 0. The van der Waals surface area contributed by atoms with Crippen molar-refractivity contribution in [3.8, 4) is 0 Å². The van der Waals surface area contributed by atoms with Gasteiger partial charge >= 0.3 is 12.4 Å². The summed E-state index contributed by atoms with van der Waals surface area (Å²) in [6, 6.07) is 9.51. The Balaban J connectivity index is 0.000000562. The van der Waals surface area contributed by atoms with Gasteiger partial charge in [-0.05, 0) is 245 Å². The molecule has 0 saturated carbocycles. The van der Waals surface area contributed by atoms with Gasteiger partial charge in [-0.15, -0.1) is 0 Å². The second kappa shape index (κ2) is 41.4. The van der Waals surface area contributed by atoms with Crippen molar-refractivity contribution in [2.24, 2.45) is 0 Å². The summed E-state index contributed by atoms with van der Waals surface area (Å²) in [5.74, 6) is 15.3. The van der Waals surface area contributed by atoms with Crippen molar-refractivity contribution in [1.29, 1.82) is 0 Å². The van der Waals surface area contributed by atoms with E-state index in [-0.39, 0.29) is 11.5 Å². The highest BCUT2D eigenvalue weighted by Crippen LogP contribution is 2.35.